The SMILES string of the molecule is O=C(O)Oc1cc(O)cc(O)c1.c1ccc(Nc2ccccc2)cc1. The number of ether oxygens (including phenoxy) is 1. The lowest BCUT2D eigenvalue weighted by molar-refractivity contribution is 0.144. The van der Waals surface area contributed by atoms with Crippen LogP contribution < -0.4 is 10.1 Å². The Labute approximate surface area is 144 Å². The lowest BCUT2D eigenvalue weighted by atomic mass is 10.3. The lowest BCUT2D eigenvalue weighted by Crippen LogP contribution is -2.02. The van der Waals surface area contributed by atoms with Crippen LogP contribution in [0.5, 0.6) is 17.2 Å². The largest absolute Gasteiger partial charge is 0.511 e. The Hall–Kier alpha value is -3.67. The first-order valence-corrected chi connectivity index (χ1v) is 7.34. The number of hydrogen-bond acceptors (Lipinski definition) is 5. The van der Waals surface area contributed by atoms with Gasteiger partial charge in [0.15, 0.2) is 0 Å². The molecule has 0 spiro atoms. The molecule has 0 aliphatic carbocycles. The van der Waals surface area contributed by atoms with E-state index in [1.165, 1.54) is 0 Å². The van der Waals surface area contributed by atoms with E-state index >= 15 is 0 Å². The summed E-state index contributed by atoms with van der Waals surface area (Å²) in [6.45, 7) is 0. The standard InChI is InChI=1S/C12H11N.C7H6O5/c1-3-7-11(8-4-1)13-12-9-5-2-6-10-12;8-4-1-5(9)3-6(2-4)12-7(10)11/h1-10,13H;1-3,8-9H,(H,10,11). The van der Waals surface area contributed by atoms with Gasteiger partial charge in [-0.2, -0.15) is 0 Å². The van der Waals surface area contributed by atoms with Gasteiger partial charge in [0, 0.05) is 29.6 Å². The fourth-order valence-electron chi connectivity index (χ4n) is 1.94. The number of anilines is 2. The molecule has 6 heteroatoms. The van der Waals surface area contributed by atoms with Crippen LogP contribution in [-0.4, -0.2) is 21.5 Å². The fourth-order valence-corrected chi connectivity index (χ4v) is 1.94. The number of para-hydroxylation sites is 2. The molecule has 25 heavy (non-hydrogen) atoms. The smallest absolute Gasteiger partial charge is 0.508 e. The van der Waals surface area contributed by atoms with E-state index in [1.54, 1.807) is 0 Å². The molecule has 3 rings (SSSR count). The van der Waals surface area contributed by atoms with Gasteiger partial charge in [0.25, 0.3) is 0 Å². The number of hydrogen-bond donors (Lipinski definition) is 4. The molecule has 0 aliphatic rings. The van der Waals surface area contributed by atoms with E-state index in [-0.39, 0.29) is 17.2 Å². The van der Waals surface area contributed by atoms with Crippen molar-refractivity contribution in [3.05, 3.63) is 78.9 Å². The molecule has 0 aromatic heterocycles. The Kier molecular flexibility index (Phi) is 6.24. The quantitative estimate of drug-likeness (QED) is 0.412. The molecule has 0 saturated carbocycles. The summed E-state index contributed by atoms with van der Waals surface area (Å²) in [6.07, 6.45) is -1.50. The van der Waals surface area contributed by atoms with E-state index in [0.29, 0.717) is 0 Å². The molecule has 4 N–H and O–H groups in total. The van der Waals surface area contributed by atoms with Gasteiger partial charge in [0.2, 0.25) is 0 Å². The molecule has 0 fully saturated rings. The van der Waals surface area contributed by atoms with Gasteiger partial charge >= 0.3 is 6.16 Å². The molecule has 0 saturated heterocycles. The molecule has 128 valence electrons. The fraction of sp³-hybridized carbons (Fsp3) is 0. The highest BCUT2D eigenvalue weighted by molar-refractivity contribution is 5.62. The second-order valence-corrected chi connectivity index (χ2v) is 4.91. The highest BCUT2D eigenvalue weighted by atomic mass is 16.7. The molecule has 3 aromatic carbocycles. The van der Waals surface area contributed by atoms with Gasteiger partial charge in [0.1, 0.15) is 17.2 Å². The molecular weight excluding hydrogens is 322 g/mol. The summed E-state index contributed by atoms with van der Waals surface area (Å²) in [4.78, 5) is 10.0. The zero-order valence-corrected chi connectivity index (χ0v) is 13.2. The molecule has 0 unspecified atom stereocenters. The minimum absolute atomic E-state index is 0.125. The average molecular weight is 339 g/mol. The van der Waals surface area contributed by atoms with Gasteiger partial charge in [-0.1, -0.05) is 36.4 Å². The van der Waals surface area contributed by atoms with Crippen molar-refractivity contribution < 1.29 is 24.9 Å². The van der Waals surface area contributed by atoms with Crippen LogP contribution in [0.1, 0.15) is 0 Å². The van der Waals surface area contributed by atoms with Gasteiger partial charge in [-0.3, -0.25) is 0 Å². The maximum atomic E-state index is 10.0. The summed E-state index contributed by atoms with van der Waals surface area (Å²) in [7, 11) is 0. The number of phenolic OH excluding ortho intramolecular Hbond substituents is 2. The topological polar surface area (TPSA) is 99.0 Å². The Morgan fingerprint density at radius 3 is 1.60 bits per heavy atom. The van der Waals surface area contributed by atoms with Crippen LogP contribution in [0.15, 0.2) is 78.9 Å². The van der Waals surface area contributed by atoms with Gasteiger partial charge in [-0.25, -0.2) is 4.79 Å². The molecule has 3 aromatic rings. The molecule has 0 radical (unpaired) electrons. The molecule has 0 heterocycles. The minimum atomic E-state index is -1.50. The van der Waals surface area contributed by atoms with Crippen LogP contribution in [0, 0.1) is 0 Å². The Morgan fingerprint density at radius 2 is 1.20 bits per heavy atom. The van der Waals surface area contributed by atoms with E-state index < -0.39 is 6.16 Å². The van der Waals surface area contributed by atoms with Crippen molar-refractivity contribution in [2.75, 3.05) is 5.32 Å². The van der Waals surface area contributed by atoms with Crippen molar-refractivity contribution in [1.82, 2.24) is 0 Å². The van der Waals surface area contributed by atoms with Gasteiger partial charge in [-0.05, 0) is 24.3 Å². The van der Waals surface area contributed by atoms with Crippen molar-refractivity contribution in [1.29, 1.82) is 0 Å². The lowest BCUT2D eigenvalue weighted by Gasteiger charge is -2.04. The number of phenols is 2. The molecular formula is C19H17NO5. The molecule has 0 bridgehead atoms. The molecule has 6 nitrogen and oxygen atoms in total. The third-order valence-electron chi connectivity index (χ3n) is 2.92. The predicted molar refractivity (Wildman–Crippen MR) is 94.6 cm³/mol. The first kappa shape index (κ1) is 17.7. The predicted octanol–water partition coefficient (Wildman–Crippen LogP) is 4.58. The van der Waals surface area contributed by atoms with E-state index in [0.717, 1.165) is 29.6 Å². The third-order valence-corrected chi connectivity index (χ3v) is 2.92. The highest BCUT2D eigenvalue weighted by Gasteiger charge is 2.03. The third kappa shape index (κ3) is 6.54. The van der Waals surface area contributed by atoms with Crippen LogP contribution in [0.4, 0.5) is 16.2 Å². The zero-order valence-electron chi connectivity index (χ0n) is 13.2. The average Bonchev–Trinajstić information content (AvgIpc) is 2.56. The molecule has 0 amide bonds. The second kappa shape index (κ2) is 8.83. The van der Waals surface area contributed by atoms with Crippen LogP contribution in [-0.2, 0) is 0 Å². The number of benzene rings is 3. The van der Waals surface area contributed by atoms with Crippen LogP contribution >= 0.6 is 0 Å². The van der Waals surface area contributed by atoms with E-state index in [9.17, 15) is 4.79 Å². The van der Waals surface area contributed by atoms with E-state index in [1.807, 2.05) is 60.7 Å². The van der Waals surface area contributed by atoms with Crippen LogP contribution in [0.25, 0.3) is 0 Å². The first-order valence-electron chi connectivity index (χ1n) is 7.34. The van der Waals surface area contributed by atoms with Crippen molar-refractivity contribution in [2.24, 2.45) is 0 Å². The summed E-state index contributed by atoms with van der Waals surface area (Å²) in [5.74, 6) is -0.641. The van der Waals surface area contributed by atoms with Crippen molar-refractivity contribution in [3.63, 3.8) is 0 Å². The number of carbonyl (C=O) groups is 1. The van der Waals surface area contributed by atoms with Gasteiger partial charge in [-0.15, -0.1) is 0 Å². The summed E-state index contributed by atoms with van der Waals surface area (Å²) in [5, 5.41) is 29.2. The highest BCUT2D eigenvalue weighted by Crippen LogP contribution is 2.25. The summed E-state index contributed by atoms with van der Waals surface area (Å²) in [5.41, 5.74) is 2.24. The van der Waals surface area contributed by atoms with Gasteiger partial charge in [0.05, 0.1) is 0 Å². The maximum absolute atomic E-state index is 10.0. The Bertz CT molecular complexity index is 749. The summed E-state index contributed by atoms with van der Waals surface area (Å²) < 4.78 is 4.17. The monoisotopic (exact) mass is 339 g/mol. The zero-order chi connectivity index (χ0) is 18.1. The van der Waals surface area contributed by atoms with Crippen LogP contribution in [0.3, 0.4) is 0 Å². The number of rotatable bonds is 3. The van der Waals surface area contributed by atoms with Gasteiger partial charge < -0.3 is 25.4 Å². The normalized spacial score (nSPS) is 9.44. The van der Waals surface area contributed by atoms with Crippen molar-refractivity contribution >= 4 is 17.5 Å². The van der Waals surface area contributed by atoms with E-state index in [4.69, 9.17) is 15.3 Å². The number of aromatic hydroxyl groups is 2. The van der Waals surface area contributed by atoms with Crippen molar-refractivity contribution in [2.45, 2.75) is 0 Å². The minimum Gasteiger partial charge on any atom is -0.508 e. The Balaban J connectivity index is 0.000000181. The van der Waals surface area contributed by atoms with E-state index in [2.05, 4.69) is 10.1 Å². The maximum Gasteiger partial charge on any atom is 0.511 e. The second-order valence-electron chi connectivity index (χ2n) is 4.91. The molecule has 0 atom stereocenters. The summed E-state index contributed by atoms with van der Waals surface area (Å²) in [6, 6.07) is 23.5. The molecule has 0 aliphatic heterocycles. The van der Waals surface area contributed by atoms with Crippen LogP contribution in [0.2, 0.25) is 0 Å². The van der Waals surface area contributed by atoms with Crippen molar-refractivity contribution in [3.8, 4) is 17.2 Å². The number of carboxylic acid groups (broad SMARTS) is 1. The Morgan fingerprint density at radius 1 is 0.760 bits per heavy atom. The first-order chi connectivity index (χ1) is 12.0. The summed E-state index contributed by atoms with van der Waals surface area (Å²) >= 11 is 0. The number of nitrogens with one attached hydrogen (secondary N) is 1.